The quantitative estimate of drug-likeness (QED) is 0.754. The molecular formula is C20H22N4O3. The van der Waals surface area contributed by atoms with Crippen LogP contribution in [0.2, 0.25) is 0 Å². The van der Waals surface area contributed by atoms with Crippen molar-refractivity contribution in [3.63, 3.8) is 0 Å². The average molecular weight is 366 g/mol. The van der Waals surface area contributed by atoms with Gasteiger partial charge in [-0.3, -0.25) is 9.48 Å². The molecule has 140 valence electrons. The van der Waals surface area contributed by atoms with Crippen molar-refractivity contribution in [2.75, 3.05) is 13.3 Å². The monoisotopic (exact) mass is 366 g/mol. The van der Waals surface area contributed by atoms with Gasteiger partial charge in [-0.05, 0) is 29.8 Å². The second-order valence-corrected chi connectivity index (χ2v) is 7.23. The minimum Gasteiger partial charge on any atom is -0.454 e. The molecule has 27 heavy (non-hydrogen) atoms. The van der Waals surface area contributed by atoms with Gasteiger partial charge in [0.25, 0.3) is 5.91 Å². The molecule has 0 unspecified atom stereocenters. The number of hydrogen-bond donors (Lipinski definition) is 1. The first kappa shape index (κ1) is 17.2. The third-order valence-corrected chi connectivity index (χ3v) is 4.85. The van der Waals surface area contributed by atoms with Crippen LogP contribution < -0.4 is 14.8 Å². The molecule has 3 heterocycles. The van der Waals surface area contributed by atoms with Gasteiger partial charge < -0.3 is 19.4 Å². The summed E-state index contributed by atoms with van der Waals surface area (Å²) in [6, 6.07) is 9.72. The van der Waals surface area contributed by atoms with E-state index in [4.69, 9.17) is 9.47 Å². The predicted octanol–water partition coefficient (Wildman–Crippen LogP) is 2.65. The maximum absolute atomic E-state index is 12.8. The molecule has 0 atom stereocenters. The molecule has 0 spiro atoms. The molecule has 1 amide bonds. The van der Waals surface area contributed by atoms with E-state index < -0.39 is 0 Å². The van der Waals surface area contributed by atoms with E-state index in [1.807, 2.05) is 54.3 Å². The van der Waals surface area contributed by atoms with Crippen molar-refractivity contribution in [3.8, 4) is 17.3 Å². The second-order valence-electron chi connectivity index (χ2n) is 7.23. The zero-order valence-corrected chi connectivity index (χ0v) is 15.6. The van der Waals surface area contributed by atoms with Crippen molar-refractivity contribution < 1.29 is 14.3 Å². The number of hydrogen-bond acceptors (Lipinski definition) is 4. The normalized spacial score (nSPS) is 13.0. The molecule has 1 aliphatic rings. The molecule has 0 bridgehead atoms. The van der Waals surface area contributed by atoms with E-state index in [9.17, 15) is 4.79 Å². The maximum atomic E-state index is 12.8. The third kappa shape index (κ3) is 3.16. The highest BCUT2D eigenvalue weighted by molar-refractivity contribution is 5.97. The van der Waals surface area contributed by atoms with E-state index in [-0.39, 0.29) is 18.1 Å². The largest absolute Gasteiger partial charge is 0.454 e. The Morgan fingerprint density at radius 2 is 1.96 bits per heavy atom. The van der Waals surface area contributed by atoms with Gasteiger partial charge in [-0.2, -0.15) is 5.10 Å². The summed E-state index contributed by atoms with van der Waals surface area (Å²) in [5.74, 6) is 2.08. The molecule has 7 heteroatoms. The van der Waals surface area contributed by atoms with Gasteiger partial charge in [0.15, 0.2) is 11.5 Å². The standard InChI is InChI=1S/C20H22N4O3/c1-20(2,14-6-7-16-17(10-14)27-13-26-16)12-21-18(25)15-11-22-23(3)19(15)24-8-4-5-9-24/h4-11H,12-13H2,1-3H3,(H,21,25). The lowest BCUT2D eigenvalue weighted by Gasteiger charge is -2.26. The van der Waals surface area contributed by atoms with Gasteiger partial charge in [0, 0.05) is 31.4 Å². The lowest BCUT2D eigenvalue weighted by Crippen LogP contribution is -2.37. The number of aromatic nitrogens is 3. The third-order valence-electron chi connectivity index (χ3n) is 4.85. The summed E-state index contributed by atoms with van der Waals surface area (Å²) in [4.78, 5) is 12.8. The van der Waals surface area contributed by atoms with Crippen LogP contribution in [0.5, 0.6) is 11.5 Å². The SMILES string of the molecule is Cn1ncc(C(=O)NCC(C)(C)c2ccc3c(c2)OCO3)c1-n1cccc1. The Hall–Kier alpha value is -3.22. The van der Waals surface area contributed by atoms with E-state index in [2.05, 4.69) is 24.3 Å². The van der Waals surface area contributed by atoms with Crippen LogP contribution in [0.15, 0.2) is 48.9 Å². The van der Waals surface area contributed by atoms with Crippen LogP contribution >= 0.6 is 0 Å². The summed E-state index contributed by atoms with van der Waals surface area (Å²) in [6.45, 7) is 4.90. The van der Waals surface area contributed by atoms with Crippen molar-refractivity contribution >= 4 is 5.91 Å². The van der Waals surface area contributed by atoms with E-state index >= 15 is 0 Å². The molecular weight excluding hydrogens is 344 g/mol. The number of ether oxygens (including phenoxy) is 2. The van der Waals surface area contributed by atoms with Gasteiger partial charge in [0.05, 0.1) is 6.20 Å². The highest BCUT2D eigenvalue weighted by atomic mass is 16.7. The van der Waals surface area contributed by atoms with E-state index in [0.717, 1.165) is 22.9 Å². The van der Waals surface area contributed by atoms with Crippen LogP contribution in [0, 0.1) is 0 Å². The van der Waals surface area contributed by atoms with Crippen molar-refractivity contribution in [2.45, 2.75) is 19.3 Å². The summed E-state index contributed by atoms with van der Waals surface area (Å²) in [6.07, 6.45) is 5.38. The van der Waals surface area contributed by atoms with Crippen LogP contribution in [-0.4, -0.2) is 33.6 Å². The van der Waals surface area contributed by atoms with E-state index in [1.165, 1.54) is 0 Å². The summed E-state index contributed by atoms with van der Waals surface area (Å²) >= 11 is 0. The van der Waals surface area contributed by atoms with Crippen LogP contribution in [0.4, 0.5) is 0 Å². The van der Waals surface area contributed by atoms with Crippen LogP contribution in [-0.2, 0) is 12.5 Å². The summed E-state index contributed by atoms with van der Waals surface area (Å²) in [7, 11) is 1.82. The number of nitrogens with zero attached hydrogens (tertiary/aromatic N) is 3. The van der Waals surface area contributed by atoms with Gasteiger partial charge in [-0.15, -0.1) is 0 Å². The number of aryl methyl sites for hydroxylation is 1. The Morgan fingerprint density at radius 1 is 1.22 bits per heavy atom. The van der Waals surface area contributed by atoms with Gasteiger partial charge >= 0.3 is 0 Å². The Kier molecular flexibility index (Phi) is 4.14. The maximum Gasteiger partial charge on any atom is 0.256 e. The van der Waals surface area contributed by atoms with Crippen molar-refractivity contribution in [3.05, 3.63) is 60.0 Å². The highest BCUT2D eigenvalue weighted by Gasteiger charge is 2.26. The molecule has 1 aliphatic heterocycles. The van der Waals surface area contributed by atoms with Crippen LogP contribution in [0.25, 0.3) is 5.82 Å². The fourth-order valence-electron chi connectivity index (χ4n) is 3.19. The summed E-state index contributed by atoms with van der Waals surface area (Å²) in [5, 5.41) is 7.28. The Bertz CT molecular complexity index is 973. The van der Waals surface area contributed by atoms with Gasteiger partial charge in [0.2, 0.25) is 6.79 Å². The number of amides is 1. The average Bonchev–Trinajstić information content (AvgIpc) is 3.39. The minimum atomic E-state index is -0.271. The molecule has 0 saturated carbocycles. The molecule has 4 rings (SSSR count). The molecule has 2 aromatic heterocycles. The lowest BCUT2D eigenvalue weighted by atomic mass is 9.84. The highest BCUT2D eigenvalue weighted by Crippen LogP contribution is 2.36. The molecule has 0 saturated heterocycles. The van der Waals surface area contributed by atoms with Crippen molar-refractivity contribution in [1.29, 1.82) is 0 Å². The fourth-order valence-corrected chi connectivity index (χ4v) is 3.19. The molecule has 0 radical (unpaired) electrons. The Balaban J connectivity index is 1.51. The van der Waals surface area contributed by atoms with Gasteiger partial charge in [-0.1, -0.05) is 19.9 Å². The van der Waals surface area contributed by atoms with E-state index in [1.54, 1.807) is 10.9 Å². The molecule has 1 aromatic carbocycles. The summed E-state index contributed by atoms with van der Waals surface area (Å²) in [5.41, 5.74) is 1.34. The molecule has 7 nitrogen and oxygen atoms in total. The van der Waals surface area contributed by atoms with Gasteiger partial charge in [0.1, 0.15) is 11.4 Å². The number of rotatable bonds is 5. The smallest absolute Gasteiger partial charge is 0.256 e. The van der Waals surface area contributed by atoms with E-state index in [0.29, 0.717) is 12.1 Å². The first-order valence-electron chi connectivity index (χ1n) is 8.79. The van der Waals surface area contributed by atoms with Crippen LogP contribution in [0.1, 0.15) is 29.8 Å². The zero-order valence-electron chi connectivity index (χ0n) is 15.6. The minimum absolute atomic E-state index is 0.152. The topological polar surface area (TPSA) is 70.3 Å². The summed E-state index contributed by atoms with van der Waals surface area (Å²) < 4.78 is 14.4. The van der Waals surface area contributed by atoms with Crippen LogP contribution in [0.3, 0.4) is 0 Å². The molecule has 0 aliphatic carbocycles. The Labute approximate surface area is 157 Å². The number of fused-ring (bicyclic) bond motifs is 1. The number of benzene rings is 1. The first-order chi connectivity index (χ1) is 13.0. The van der Waals surface area contributed by atoms with Gasteiger partial charge in [-0.25, -0.2) is 0 Å². The predicted molar refractivity (Wildman–Crippen MR) is 100 cm³/mol. The molecule has 3 aromatic rings. The number of carbonyl (C=O) groups is 1. The zero-order chi connectivity index (χ0) is 19.0. The fraction of sp³-hybridized carbons (Fsp3) is 0.300. The second kappa shape index (κ2) is 6.50. The number of nitrogens with one attached hydrogen (secondary N) is 1. The molecule has 0 fully saturated rings. The van der Waals surface area contributed by atoms with Crippen molar-refractivity contribution in [2.24, 2.45) is 7.05 Å². The number of carbonyl (C=O) groups excluding carboxylic acids is 1. The van der Waals surface area contributed by atoms with Crippen molar-refractivity contribution in [1.82, 2.24) is 19.7 Å². The lowest BCUT2D eigenvalue weighted by molar-refractivity contribution is 0.0945. The molecule has 1 N–H and O–H groups in total. The first-order valence-corrected chi connectivity index (χ1v) is 8.79. The Morgan fingerprint density at radius 3 is 2.74 bits per heavy atom.